The molecule has 0 aromatic heterocycles. The number of methoxy groups -OCH3 is 2. The molecule has 26 heavy (non-hydrogen) atoms. The van der Waals surface area contributed by atoms with Gasteiger partial charge in [-0.3, -0.25) is 4.31 Å². The largest absolute Gasteiger partial charge is 0.497 e. The summed E-state index contributed by atoms with van der Waals surface area (Å²) in [6, 6.07) is 11.2. The Hall–Kier alpha value is -2.74. The van der Waals surface area contributed by atoms with E-state index in [1.165, 1.54) is 30.7 Å². The van der Waals surface area contributed by atoms with Crippen LogP contribution in [0.3, 0.4) is 0 Å². The molecule has 1 aliphatic heterocycles. The van der Waals surface area contributed by atoms with Gasteiger partial charge in [-0.2, -0.15) is 0 Å². The maximum Gasteiger partial charge on any atom is 0.348 e. The van der Waals surface area contributed by atoms with Crippen LogP contribution in [0.2, 0.25) is 0 Å². The third kappa shape index (κ3) is 3.20. The van der Waals surface area contributed by atoms with Crippen LogP contribution in [0.5, 0.6) is 11.5 Å². The standard InChI is InChI=1S/C18H19NO6S/c1-12-4-9-15-16(10-12)25-17(18(20)24-3)11-19(15)26(21,22)14-7-5-13(23-2)6-8-14/h4-10,17H,11H2,1-3H3. The van der Waals surface area contributed by atoms with Gasteiger partial charge in [0.05, 0.1) is 31.3 Å². The average Bonchev–Trinajstić information content (AvgIpc) is 2.66. The van der Waals surface area contributed by atoms with Gasteiger partial charge in [-0.05, 0) is 48.9 Å². The molecule has 0 radical (unpaired) electrons. The molecule has 138 valence electrons. The van der Waals surface area contributed by atoms with Gasteiger partial charge in [0.15, 0.2) is 0 Å². The SMILES string of the molecule is COC(=O)C1CN(S(=O)(=O)c2ccc(OC)cc2)c2ccc(C)cc2O1. The van der Waals surface area contributed by atoms with E-state index < -0.39 is 22.1 Å². The van der Waals surface area contributed by atoms with Gasteiger partial charge in [0.25, 0.3) is 10.0 Å². The fourth-order valence-electron chi connectivity index (χ4n) is 2.72. The number of sulfonamides is 1. The summed E-state index contributed by atoms with van der Waals surface area (Å²) in [4.78, 5) is 12.1. The maximum atomic E-state index is 13.2. The van der Waals surface area contributed by atoms with Crippen molar-refractivity contribution in [3.8, 4) is 11.5 Å². The zero-order valence-corrected chi connectivity index (χ0v) is 15.4. The van der Waals surface area contributed by atoms with Crippen molar-refractivity contribution in [1.82, 2.24) is 0 Å². The van der Waals surface area contributed by atoms with Crippen molar-refractivity contribution in [2.24, 2.45) is 0 Å². The van der Waals surface area contributed by atoms with Crippen molar-refractivity contribution in [2.45, 2.75) is 17.9 Å². The molecule has 7 nitrogen and oxygen atoms in total. The highest BCUT2D eigenvalue weighted by Gasteiger charge is 2.38. The molecule has 1 atom stereocenters. The molecular formula is C18H19NO6S. The van der Waals surface area contributed by atoms with E-state index in [0.29, 0.717) is 17.2 Å². The second-order valence-corrected chi connectivity index (χ2v) is 7.67. The number of rotatable bonds is 4. The number of esters is 1. The molecule has 0 amide bonds. The molecular weight excluding hydrogens is 358 g/mol. The lowest BCUT2D eigenvalue weighted by molar-refractivity contribution is -0.148. The average molecular weight is 377 g/mol. The van der Waals surface area contributed by atoms with Crippen LogP contribution in [0, 0.1) is 6.92 Å². The van der Waals surface area contributed by atoms with Gasteiger partial charge in [0, 0.05) is 0 Å². The predicted molar refractivity (Wildman–Crippen MR) is 95.1 cm³/mol. The van der Waals surface area contributed by atoms with Gasteiger partial charge in [0.1, 0.15) is 11.5 Å². The predicted octanol–water partition coefficient (Wildman–Crippen LogP) is 2.13. The maximum absolute atomic E-state index is 13.2. The number of carbonyl (C=O) groups excluding carboxylic acids is 1. The fraction of sp³-hybridized carbons (Fsp3) is 0.278. The molecule has 8 heteroatoms. The Morgan fingerprint density at radius 1 is 1.15 bits per heavy atom. The number of carbonyl (C=O) groups is 1. The van der Waals surface area contributed by atoms with Crippen LogP contribution >= 0.6 is 0 Å². The number of aryl methyl sites for hydroxylation is 1. The summed E-state index contributed by atoms with van der Waals surface area (Å²) in [6.07, 6.45) is -1.04. The minimum Gasteiger partial charge on any atom is -0.497 e. The molecule has 3 rings (SSSR count). The first-order valence-corrected chi connectivity index (χ1v) is 9.32. The molecule has 0 saturated carbocycles. The molecule has 1 unspecified atom stereocenters. The number of benzene rings is 2. The molecule has 0 aliphatic carbocycles. The third-order valence-electron chi connectivity index (χ3n) is 4.10. The second-order valence-electron chi connectivity index (χ2n) is 5.81. The monoisotopic (exact) mass is 377 g/mol. The second kappa shape index (κ2) is 6.87. The number of hydrogen-bond acceptors (Lipinski definition) is 6. The van der Waals surface area contributed by atoms with Gasteiger partial charge in [-0.1, -0.05) is 6.07 Å². The van der Waals surface area contributed by atoms with Crippen LogP contribution in [0.25, 0.3) is 0 Å². The summed E-state index contributed by atoms with van der Waals surface area (Å²) in [7, 11) is -1.16. The van der Waals surface area contributed by atoms with E-state index in [1.807, 2.05) is 6.92 Å². The van der Waals surface area contributed by atoms with Gasteiger partial charge in [-0.15, -0.1) is 0 Å². The Morgan fingerprint density at radius 2 is 1.85 bits per heavy atom. The molecule has 0 fully saturated rings. The normalized spacial score (nSPS) is 16.4. The highest BCUT2D eigenvalue weighted by molar-refractivity contribution is 7.92. The summed E-state index contributed by atoms with van der Waals surface area (Å²) in [5.74, 6) is 0.241. The van der Waals surface area contributed by atoms with Crippen molar-refractivity contribution in [1.29, 1.82) is 0 Å². The zero-order valence-electron chi connectivity index (χ0n) is 14.6. The Bertz CT molecular complexity index is 923. The van der Waals surface area contributed by atoms with Crippen LogP contribution in [-0.2, 0) is 19.6 Å². The lowest BCUT2D eigenvalue weighted by Gasteiger charge is -2.34. The third-order valence-corrected chi connectivity index (χ3v) is 5.89. The van der Waals surface area contributed by atoms with Gasteiger partial charge >= 0.3 is 5.97 Å². The number of nitrogens with zero attached hydrogens (tertiary/aromatic N) is 1. The minimum atomic E-state index is -3.90. The van der Waals surface area contributed by atoms with Crippen molar-refractivity contribution >= 4 is 21.7 Å². The van der Waals surface area contributed by atoms with Crippen LogP contribution in [0.4, 0.5) is 5.69 Å². The van der Waals surface area contributed by atoms with E-state index in [-0.39, 0.29) is 11.4 Å². The number of fused-ring (bicyclic) bond motifs is 1. The Morgan fingerprint density at radius 3 is 2.46 bits per heavy atom. The smallest absolute Gasteiger partial charge is 0.348 e. The summed E-state index contributed by atoms with van der Waals surface area (Å²) < 4.78 is 43.0. The highest BCUT2D eigenvalue weighted by atomic mass is 32.2. The van der Waals surface area contributed by atoms with Crippen molar-refractivity contribution in [3.05, 3.63) is 48.0 Å². The molecule has 0 bridgehead atoms. The van der Waals surface area contributed by atoms with Crippen LogP contribution < -0.4 is 13.8 Å². The van der Waals surface area contributed by atoms with Gasteiger partial charge in [0.2, 0.25) is 6.10 Å². The summed E-state index contributed by atoms with van der Waals surface area (Å²) in [5, 5.41) is 0. The Kier molecular flexibility index (Phi) is 4.78. The summed E-state index contributed by atoms with van der Waals surface area (Å²) in [5.41, 5.74) is 1.27. The summed E-state index contributed by atoms with van der Waals surface area (Å²) in [6.45, 7) is 1.69. The van der Waals surface area contributed by atoms with Gasteiger partial charge in [-0.25, -0.2) is 13.2 Å². The van der Waals surface area contributed by atoms with Crippen molar-refractivity contribution < 1.29 is 27.4 Å². The number of anilines is 1. The zero-order chi connectivity index (χ0) is 18.9. The van der Waals surface area contributed by atoms with E-state index in [0.717, 1.165) is 5.56 Å². The molecule has 0 saturated heterocycles. The lowest BCUT2D eigenvalue weighted by Crippen LogP contribution is -2.47. The van der Waals surface area contributed by atoms with Crippen LogP contribution in [0.15, 0.2) is 47.4 Å². The fourth-order valence-corrected chi connectivity index (χ4v) is 4.19. The van der Waals surface area contributed by atoms with Gasteiger partial charge < -0.3 is 14.2 Å². The van der Waals surface area contributed by atoms with E-state index in [9.17, 15) is 13.2 Å². The molecule has 0 spiro atoms. The summed E-state index contributed by atoms with van der Waals surface area (Å²) >= 11 is 0. The molecule has 0 N–H and O–H groups in total. The Balaban J connectivity index is 2.07. The van der Waals surface area contributed by atoms with E-state index in [2.05, 4.69) is 0 Å². The molecule has 2 aromatic rings. The van der Waals surface area contributed by atoms with Crippen molar-refractivity contribution in [3.63, 3.8) is 0 Å². The first-order chi connectivity index (χ1) is 12.4. The van der Waals surface area contributed by atoms with E-state index >= 15 is 0 Å². The van der Waals surface area contributed by atoms with E-state index in [4.69, 9.17) is 14.2 Å². The van der Waals surface area contributed by atoms with Crippen molar-refractivity contribution in [2.75, 3.05) is 25.1 Å². The molecule has 2 aromatic carbocycles. The van der Waals surface area contributed by atoms with Crippen LogP contribution in [-0.4, -0.2) is 41.3 Å². The first-order valence-electron chi connectivity index (χ1n) is 7.88. The number of hydrogen-bond donors (Lipinski definition) is 0. The van der Waals surface area contributed by atoms with Crippen LogP contribution in [0.1, 0.15) is 5.56 Å². The Labute approximate surface area is 152 Å². The molecule has 1 heterocycles. The lowest BCUT2D eigenvalue weighted by atomic mass is 10.1. The highest BCUT2D eigenvalue weighted by Crippen LogP contribution is 2.38. The minimum absolute atomic E-state index is 0.0929. The molecule has 1 aliphatic rings. The number of ether oxygens (including phenoxy) is 3. The quantitative estimate of drug-likeness (QED) is 0.759. The topological polar surface area (TPSA) is 82.1 Å². The first kappa shape index (κ1) is 18.1. The van der Waals surface area contributed by atoms with E-state index in [1.54, 1.807) is 30.3 Å².